The van der Waals surface area contributed by atoms with Crippen molar-refractivity contribution in [3.05, 3.63) is 0 Å². The molecule has 6 nitrogen and oxygen atoms in total. The van der Waals surface area contributed by atoms with Crippen molar-refractivity contribution >= 4 is 16.0 Å². The molecule has 1 fully saturated rings. The summed E-state index contributed by atoms with van der Waals surface area (Å²) in [5.41, 5.74) is 0. The van der Waals surface area contributed by atoms with Crippen LogP contribution in [-0.2, 0) is 19.6 Å². The fourth-order valence-electron chi connectivity index (χ4n) is 2.30. The van der Waals surface area contributed by atoms with Gasteiger partial charge in [0.15, 0.2) is 0 Å². The van der Waals surface area contributed by atoms with Gasteiger partial charge in [0.2, 0.25) is 10.0 Å². The molecular weight excluding hydrogens is 270 g/mol. The first-order valence-corrected chi connectivity index (χ1v) is 8.17. The molecule has 1 heterocycles. The molecule has 0 amide bonds. The molecule has 7 heteroatoms. The number of sulfonamides is 1. The molecule has 0 radical (unpaired) electrons. The Labute approximate surface area is 114 Å². The van der Waals surface area contributed by atoms with Gasteiger partial charge in [-0.1, -0.05) is 13.8 Å². The first-order valence-electron chi connectivity index (χ1n) is 6.56. The molecule has 112 valence electrons. The van der Waals surface area contributed by atoms with Gasteiger partial charge in [0, 0.05) is 19.7 Å². The number of carboxylic acids is 1. The Morgan fingerprint density at radius 3 is 2.58 bits per heavy atom. The molecule has 1 unspecified atom stereocenters. The van der Waals surface area contributed by atoms with Gasteiger partial charge >= 0.3 is 5.97 Å². The van der Waals surface area contributed by atoms with Crippen molar-refractivity contribution in [1.82, 2.24) is 4.31 Å². The third kappa shape index (κ3) is 4.43. The van der Waals surface area contributed by atoms with E-state index < -0.39 is 21.9 Å². The fourth-order valence-corrected chi connectivity index (χ4v) is 4.18. The fraction of sp³-hybridized carbons (Fsp3) is 0.917. The van der Waals surface area contributed by atoms with Crippen molar-refractivity contribution in [3.63, 3.8) is 0 Å². The lowest BCUT2D eigenvalue weighted by Crippen LogP contribution is -2.34. The first-order chi connectivity index (χ1) is 8.77. The van der Waals surface area contributed by atoms with E-state index in [4.69, 9.17) is 9.84 Å². The zero-order chi connectivity index (χ0) is 14.6. The Bertz CT molecular complexity index is 408. The number of carbonyl (C=O) groups is 1. The van der Waals surface area contributed by atoms with Gasteiger partial charge in [-0.2, -0.15) is 0 Å². The smallest absolute Gasteiger partial charge is 0.308 e. The summed E-state index contributed by atoms with van der Waals surface area (Å²) in [6.07, 6.45) is 0. The predicted molar refractivity (Wildman–Crippen MR) is 71.3 cm³/mol. The van der Waals surface area contributed by atoms with Crippen molar-refractivity contribution in [1.29, 1.82) is 0 Å². The highest BCUT2D eigenvalue weighted by Gasteiger charge is 2.40. The summed E-state index contributed by atoms with van der Waals surface area (Å²) in [6.45, 7) is 6.80. The van der Waals surface area contributed by atoms with E-state index >= 15 is 0 Å². The summed E-state index contributed by atoms with van der Waals surface area (Å²) in [5.74, 6) is -1.75. The Hall–Kier alpha value is -0.660. The average Bonchev–Trinajstić information content (AvgIpc) is 2.69. The number of aliphatic carboxylic acids is 1. The van der Waals surface area contributed by atoms with E-state index in [1.54, 1.807) is 6.92 Å². The van der Waals surface area contributed by atoms with Gasteiger partial charge in [0.05, 0.1) is 18.3 Å². The van der Waals surface area contributed by atoms with Crippen LogP contribution >= 0.6 is 0 Å². The summed E-state index contributed by atoms with van der Waals surface area (Å²) < 4.78 is 30.9. The van der Waals surface area contributed by atoms with E-state index in [9.17, 15) is 13.2 Å². The second kappa shape index (κ2) is 6.67. The Morgan fingerprint density at radius 2 is 2.11 bits per heavy atom. The van der Waals surface area contributed by atoms with Crippen LogP contribution in [0.25, 0.3) is 0 Å². The molecule has 0 aromatic heterocycles. The summed E-state index contributed by atoms with van der Waals surface area (Å²) >= 11 is 0. The summed E-state index contributed by atoms with van der Waals surface area (Å²) in [7, 11) is -3.40. The van der Waals surface area contributed by atoms with Crippen LogP contribution in [0.5, 0.6) is 0 Å². The third-order valence-corrected chi connectivity index (χ3v) is 5.47. The van der Waals surface area contributed by atoms with Gasteiger partial charge in [-0.3, -0.25) is 4.79 Å². The number of carboxylic acid groups (broad SMARTS) is 1. The lowest BCUT2D eigenvalue weighted by Gasteiger charge is -2.19. The molecule has 0 aromatic rings. The second-order valence-corrected chi connectivity index (χ2v) is 7.30. The number of hydrogen-bond donors (Lipinski definition) is 1. The number of ether oxygens (including phenoxy) is 1. The normalized spacial score (nSPS) is 26.5. The zero-order valence-electron chi connectivity index (χ0n) is 11.7. The third-order valence-electron chi connectivity index (χ3n) is 3.39. The van der Waals surface area contributed by atoms with Gasteiger partial charge in [0.1, 0.15) is 0 Å². The molecule has 1 rings (SSSR count). The van der Waals surface area contributed by atoms with Gasteiger partial charge < -0.3 is 9.84 Å². The zero-order valence-corrected chi connectivity index (χ0v) is 12.5. The topological polar surface area (TPSA) is 83.9 Å². The lowest BCUT2D eigenvalue weighted by molar-refractivity contribution is -0.142. The minimum atomic E-state index is -3.40. The standard InChI is InChI=1S/C12H23NO5S/c1-4-18-7-9(2)8-19(16,17)13-5-10(3)11(6-13)12(14)15/h9-11H,4-8H2,1-3H3,(H,14,15)/t9?,10-,11-/m1/s1. The Morgan fingerprint density at radius 1 is 1.47 bits per heavy atom. The summed E-state index contributed by atoms with van der Waals surface area (Å²) in [4.78, 5) is 11.0. The second-order valence-electron chi connectivity index (χ2n) is 5.28. The maximum atomic E-state index is 12.2. The van der Waals surface area contributed by atoms with Crippen molar-refractivity contribution in [2.24, 2.45) is 17.8 Å². The maximum Gasteiger partial charge on any atom is 0.308 e. The van der Waals surface area contributed by atoms with Crippen molar-refractivity contribution < 1.29 is 23.1 Å². The molecule has 0 bridgehead atoms. The van der Waals surface area contributed by atoms with E-state index in [1.807, 2.05) is 13.8 Å². The van der Waals surface area contributed by atoms with Gasteiger partial charge in [-0.15, -0.1) is 0 Å². The molecule has 0 saturated carbocycles. The molecule has 1 aliphatic heterocycles. The minimum absolute atomic E-state index is 0.00601. The van der Waals surface area contributed by atoms with Gasteiger partial charge in [0.25, 0.3) is 0 Å². The van der Waals surface area contributed by atoms with Crippen LogP contribution in [0.15, 0.2) is 0 Å². The summed E-state index contributed by atoms with van der Waals surface area (Å²) in [5, 5.41) is 9.02. The van der Waals surface area contributed by atoms with Gasteiger partial charge in [-0.25, -0.2) is 12.7 Å². The van der Waals surface area contributed by atoms with Crippen LogP contribution in [0.1, 0.15) is 20.8 Å². The lowest BCUT2D eigenvalue weighted by atomic mass is 9.99. The Balaban J connectivity index is 2.62. The quantitative estimate of drug-likeness (QED) is 0.744. The molecule has 0 aliphatic carbocycles. The highest BCUT2D eigenvalue weighted by atomic mass is 32.2. The van der Waals surface area contributed by atoms with Crippen LogP contribution in [0.2, 0.25) is 0 Å². The number of hydrogen-bond acceptors (Lipinski definition) is 4. The highest BCUT2D eigenvalue weighted by Crippen LogP contribution is 2.26. The maximum absolute atomic E-state index is 12.2. The van der Waals surface area contributed by atoms with Crippen LogP contribution in [0.3, 0.4) is 0 Å². The van der Waals surface area contributed by atoms with E-state index in [2.05, 4.69) is 0 Å². The number of rotatable bonds is 7. The largest absolute Gasteiger partial charge is 0.481 e. The van der Waals surface area contributed by atoms with Crippen LogP contribution < -0.4 is 0 Å². The first kappa shape index (κ1) is 16.4. The van der Waals surface area contributed by atoms with E-state index in [1.165, 1.54) is 4.31 Å². The van der Waals surface area contributed by atoms with Crippen LogP contribution in [-0.4, -0.2) is 55.9 Å². The van der Waals surface area contributed by atoms with Crippen LogP contribution in [0, 0.1) is 17.8 Å². The number of nitrogens with zero attached hydrogens (tertiary/aromatic N) is 1. The molecular formula is C12H23NO5S. The van der Waals surface area contributed by atoms with E-state index in [-0.39, 0.29) is 24.1 Å². The molecule has 0 aromatic carbocycles. The average molecular weight is 293 g/mol. The van der Waals surface area contributed by atoms with E-state index in [0.29, 0.717) is 19.8 Å². The van der Waals surface area contributed by atoms with Crippen molar-refractivity contribution in [2.75, 3.05) is 32.1 Å². The van der Waals surface area contributed by atoms with Crippen LogP contribution in [0.4, 0.5) is 0 Å². The van der Waals surface area contributed by atoms with Crippen molar-refractivity contribution in [2.45, 2.75) is 20.8 Å². The van der Waals surface area contributed by atoms with Gasteiger partial charge in [-0.05, 0) is 18.8 Å². The predicted octanol–water partition coefficient (Wildman–Crippen LogP) is 0.641. The van der Waals surface area contributed by atoms with Crippen molar-refractivity contribution in [3.8, 4) is 0 Å². The Kier molecular flexibility index (Phi) is 5.76. The monoisotopic (exact) mass is 293 g/mol. The SMILES string of the molecule is CCOCC(C)CS(=O)(=O)N1C[C@@H](C)[C@H](C(=O)O)C1. The summed E-state index contributed by atoms with van der Waals surface area (Å²) in [6, 6.07) is 0. The highest BCUT2D eigenvalue weighted by molar-refractivity contribution is 7.89. The molecule has 1 aliphatic rings. The molecule has 0 spiro atoms. The van der Waals surface area contributed by atoms with E-state index in [0.717, 1.165) is 0 Å². The minimum Gasteiger partial charge on any atom is -0.481 e. The molecule has 3 atom stereocenters. The molecule has 1 N–H and O–H groups in total. The molecule has 19 heavy (non-hydrogen) atoms. The molecule has 1 saturated heterocycles.